The molecule has 0 unspecified atom stereocenters. The lowest BCUT2D eigenvalue weighted by Crippen LogP contribution is -2.21. The van der Waals surface area contributed by atoms with Gasteiger partial charge in [0.25, 0.3) is 0 Å². The number of nitrogens with zero attached hydrogens (tertiary/aromatic N) is 5. The first kappa shape index (κ1) is 13.4. The van der Waals surface area contributed by atoms with Crippen LogP contribution in [0.4, 0.5) is 0 Å². The minimum absolute atomic E-state index is 0.256. The molecule has 4 aromatic rings. The van der Waals surface area contributed by atoms with E-state index in [1.54, 1.807) is 16.9 Å². The lowest BCUT2D eigenvalue weighted by molar-refractivity contribution is 0.0904. The first-order valence-electron chi connectivity index (χ1n) is 7.39. The summed E-state index contributed by atoms with van der Waals surface area (Å²) in [6.45, 7) is 0.420. The summed E-state index contributed by atoms with van der Waals surface area (Å²) in [4.78, 5) is 4.83. The molecule has 3 aromatic heterocycles. The van der Waals surface area contributed by atoms with Crippen LogP contribution in [-0.2, 0) is 0 Å². The second kappa shape index (κ2) is 5.27. The second-order valence-corrected chi connectivity index (χ2v) is 6.25. The second-order valence-electron chi connectivity index (χ2n) is 5.26. The molecule has 0 spiro atoms. The molecule has 1 aliphatic rings. The fourth-order valence-corrected chi connectivity index (χ4v) is 3.43. The fraction of sp³-hybridized carbons (Fsp3) is 0.125. The summed E-state index contributed by atoms with van der Waals surface area (Å²) in [6.07, 6.45) is 3.21. The van der Waals surface area contributed by atoms with Crippen molar-refractivity contribution >= 4 is 16.3 Å². The van der Waals surface area contributed by atoms with E-state index in [0.29, 0.717) is 17.4 Å². The number of rotatable bonds is 2. The number of fused-ring (bicyclic) bond motifs is 2. The van der Waals surface area contributed by atoms with Crippen LogP contribution >= 0.6 is 11.3 Å². The number of hydrogen-bond acceptors (Lipinski definition) is 7. The van der Waals surface area contributed by atoms with Crippen LogP contribution in [0.15, 0.2) is 48.8 Å². The quantitative estimate of drug-likeness (QED) is 0.560. The molecule has 0 saturated heterocycles. The molecule has 0 fully saturated rings. The topological polar surface area (TPSA) is 74.4 Å². The summed E-state index contributed by atoms with van der Waals surface area (Å²) in [7, 11) is 0. The van der Waals surface area contributed by atoms with Gasteiger partial charge < -0.3 is 9.47 Å². The van der Waals surface area contributed by atoms with E-state index in [0.717, 1.165) is 22.1 Å². The maximum Gasteiger partial charge on any atom is 0.235 e. The van der Waals surface area contributed by atoms with Crippen LogP contribution in [0.2, 0.25) is 0 Å². The van der Waals surface area contributed by atoms with Crippen molar-refractivity contribution in [2.45, 2.75) is 6.10 Å². The van der Waals surface area contributed by atoms with Gasteiger partial charge in [-0.15, -0.1) is 10.2 Å². The van der Waals surface area contributed by atoms with Crippen LogP contribution in [-0.4, -0.2) is 31.4 Å². The van der Waals surface area contributed by atoms with Crippen molar-refractivity contribution in [1.29, 1.82) is 0 Å². The van der Waals surface area contributed by atoms with Gasteiger partial charge in [0.05, 0.1) is 0 Å². The fourth-order valence-electron chi connectivity index (χ4n) is 2.58. The number of hydrogen-bond donors (Lipinski definition) is 0. The minimum Gasteiger partial charge on any atom is -0.485 e. The first-order valence-corrected chi connectivity index (χ1v) is 8.21. The third-order valence-corrected chi connectivity index (χ3v) is 4.70. The highest BCUT2D eigenvalue weighted by Crippen LogP contribution is 2.37. The molecular weight excluding hydrogens is 326 g/mol. The Labute approximate surface area is 140 Å². The molecule has 1 aliphatic heterocycles. The van der Waals surface area contributed by atoms with Gasteiger partial charge in [0.2, 0.25) is 4.96 Å². The number of ether oxygens (including phenoxy) is 2. The van der Waals surface area contributed by atoms with E-state index in [2.05, 4.69) is 20.3 Å². The van der Waals surface area contributed by atoms with Crippen molar-refractivity contribution in [3.05, 3.63) is 53.8 Å². The maximum atomic E-state index is 6.01. The van der Waals surface area contributed by atoms with E-state index in [-0.39, 0.29) is 6.10 Å². The SMILES string of the molecule is c1cncc(-c2nnc3sc([C@@H]4COc5ccccc5O4)nn23)c1. The summed E-state index contributed by atoms with van der Waals surface area (Å²) < 4.78 is 13.5. The lowest BCUT2D eigenvalue weighted by atomic mass is 10.2. The summed E-state index contributed by atoms with van der Waals surface area (Å²) in [5.74, 6) is 2.15. The average Bonchev–Trinajstić information content (AvgIpc) is 3.23. The van der Waals surface area contributed by atoms with Crippen LogP contribution in [0.25, 0.3) is 16.3 Å². The molecule has 24 heavy (non-hydrogen) atoms. The van der Waals surface area contributed by atoms with Crippen molar-refractivity contribution in [2.24, 2.45) is 0 Å². The summed E-state index contributed by atoms with van der Waals surface area (Å²) in [6, 6.07) is 11.4. The number of para-hydroxylation sites is 2. The Kier molecular flexibility index (Phi) is 2.95. The minimum atomic E-state index is -0.256. The zero-order valence-electron chi connectivity index (χ0n) is 12.4. The van der Waals surface area contributed by atoms with Crippen molar-refractivity contribution < 1.29 is 9.47 Å². The van der Waals surface area contributed by atoms with Crippen LogP contribution in [0.1, 0.15) is 11.1 Å². The molecule has 0 bridgehead atoms. The Morgan fingerprint density at radius 3 is 2.88 bits per heavy atom. The maximum absolute atomic E-state index is 6.01. The normalized spacial score (nSPS) is 16.4. The monoisotopic (exact) mass is 337 g/mol. The van der Waals surface area contributed by atoms with E-state index in [1.165, 1.54) is 11.3 Å². The standard InChI is InChI=1S/C16H11N5O2S/c1-2-6-12-11(5-1)22-9-13(23-12)15-20-21-14(18-19-16(21)24-15)10-4-3-7-17-8-10/h1-8,13H,9H2/t13-/m0/s1. The Hall–Kier alpha value is -3.00. The predicted octanol–water partition coefficient (Wildman–Crippen LogP) is 2.76. The first-order chi connectivity index (χ1) is 11.9. The molecule has 8 heteroatoms. The Bertz CT molecular complexity index is 1010. The third kappa shape index (κ3) is 2.11. The van der Waals surface area contributed by atoms with Gasteiger partial charge in [-0.1, -0.05) is 23.5 Å². The van der Waals surface area contributed by atoms with Gasteiger partial charge in [-0.3, -0.25) is 4.98 Å². The molecule has 7 nitrogen and oxygen atoms in total. The summed E-state index contributed by atoms with van der Waals surface area (Å²) in [5.41, 5.74) is 0.869. The van der Waals surface area contributed by atoms with E-state index < -0.39 is 0 Å². The smallest absolute Gasteiger partial charge is 0.235 e. The van der Waals surface area contributed by atoms with Gasteiger partial charge in [0, 0.05) is 18.0 Å². The highest BCUT2D eigenvalue weighted by molar-refractivity contribution is 7.16. The Balaban J connectivity index is 1.52. The molecule has 0 N–H and O–H groups in total. The summed E-state index contributed by atoms with van der Waals surface area (Å²) in [5, 5.41) is 13.8. The van der Waals surface area contributed by atoms with Crippen molar-refractivity contribution in [3.63, 3.8) is 0 Å². The van der Waals surface area contributed by atoms with Gasteiger partial charge >= 0.3 is 0 Å². The molecule has 0 aliphatic carbocycles. The van der Waals surface area contributed by atoms with E-state index >= 15 is 0 Å². The number of benzene rings is 1. The van der Waals surface area contributed by atoms with Crippen molar-refractivity contribution in [2.75, 3.05) is 6.61 Å². The van der Waals surface area contributed by atoms with Crippen LogP contribution in [0.5, 0.6) is 11.5 Å². The van der Waals surface area contributed by atoms with Gasteiger partial charge in [0.1, 0.15) is 6.61 Å². The van der Waals surface area contributed by atoms with Crippen LogP contribution in [0, 0.1) is 0 Å². The van der Waals surface area contributed by atoms with Crippen LogP contribution < -0.4 is 9.47 Å². The van der Waals surface area contributed by atoms with Crippen LogP contribution in [0.3, 0.4) is 0 Å². The summed E-state index contributed by atoms with van der Waals surface area (Å²) >= 11 is 1.45. The highest BCUT2D eigenvalue weighted by Gasteiger charge is 2.27. The highest BCUT2D eigenvalue weighted by atomic mass is 32.1. The van der Waals surface area contributed by atoms with Gasteiger partial charge in [-0.2, -0.15) is 9.61 Å². The molecule has 0 radical (unpaired) electrons. The Morgan fingerprint density at radius 2 is 2.00 bits per heavy atom. The number of aromatic nitrogens is 5. The van der Waals surface area contributed by atoms with Gasteiger partial charge in [0.15, 0.2) is 28.4 Å². The van der Waals surface area contributed by atoms with Crippen molar-refractivity contribution in [3.8, 4) is 22.9 Å². The molecule has 4 heterocycles. The molecular formula is C16H11N5O2S. The van der Waals surface area contributed by atoms with Gasteiger partial charge in [-0.05, 0) is 24.3 Å². The van der Waals surface area contributed by atoms with Crippen molar-refractivity contribution in [1.82, 2.24) is 24.8 Å². The zero-order chi connectivity index (χ0) is 15.9. The molecule has 5 rings (SSSR count). The molecule has 1 aromatic carbocycles. The third-order valence-electron chi connectivity index (χ3n) is 3.71. The lowest BCUT2D eigenvalue weighted by Gasteiger charge is -2.24. The van der Waals surface area contributed by atoms with E-state index in [9.17, 15) is 0 Å². The van der Waals surface area contributed by atoms with E-state index in [4.69, 9.17) is 9.47 Å². The molecule has 1 atom stereocenters. The van der Waals surface area contributed by atoms with Gasteiger partial charge in [-0.25, -0.2) is 0 Å². The number of pyridine rings is 1. The molecule has 0 amide bonds. The predicted molar refractivity (Wildman–Crippen MR) is 87.2 cm³/mol. The zero-order valence-corrected chi connectivity index (χ0v) is 13.2. The molecule has 0 saturated carbocycles. The average molecular weight is 337 g/mol. The van der Waals surface area contributed by atoms with E-state index in [1.807, 2.05) is 36.4 Å². The molecule has 118 valence electrons. The largest absolute Gasteiger partial charge is 0.485 e. The Morgan fingerprint density at radius 1 is 1.08 bits per heavy atom.